The van der Waals surface area contributed by atoms with Crippen LogP contribution in [0.3, 0.4) is 0 Å². The van der Waals surface area contributed by atoms with E-state index in [0.717, 1.165) is 0 Å². The number of rotatable bonds is 10. The molecule has 0 saturated heterocycles. The van der Waals surface area contributed by atoms with E-state index in [2.05, 4.69) is 0 Å². The highest BCUT2D eigenvalue weighted by atomic mass is 16.6. The molecule has 0 N–H and O–H groups in total. The Kier molecular flexibility index (Phi) is 9.88. The largest absolute Gasteiger partial charge is 0.465 e. The van der Waals surface area contributed by atoms with Crippen LogP contribution in [0.15, 0.2) is 0 Å². The topological polar surface area (TPSA) is 126 Å². The van der Waals surface area contributed by atoms with E-state index < -0.39 is 35.2 Å². The molecule has 0 amide bonds. The molecule has 0 heterocycles. The molecule has 0 aromatic carbocycles. The summed E-state index contributed by atoms with van der Waals surface area (Å²) >= 11 is 0. The Morgan fingerprint density at radius 1 is 0.960 bits per heavy atom. The van der Waals surface area contributed by atoms with Crippen molar-refractivity contribution in [2.75, 3.05) is 19.8 Å². The standard InChI is InChI=1S/C17H24N2O6/c1-5-23-14(20)13(15(21)24-6-2)12(4)17(11-19,9-8-10-18)16(22)25-7-3/h12-13H,5-9H2,1-4H3/t12-,17-/m0/s1. The summed E-state index contributed by atoms with van der Waals surface area (Å²) in [5.41, 5.74) is -1.84. The summed E-state index contributed by atoms with van der Waals surface area (Å²) in [4.78, 5) is 37.0. The zero-order valence-electron chi connectivity index (χ0n) is 15.0. The highest BCUT2D eigenvalue weighted by molar-refractivity contribution is 5.96. The molecule has 8 nitrogen and oxygen atoms in total. The summed E-state index contributed by atoms with van der Waals surface area (Å²) < 4.78 is 14.8. The number of ether oxygens (including phenoxy) is 3. The molecule has 0 radical (unpaired) electrons. The highest BCUT2D eigenvalue weighted by Gasteiger charge is 2.53. The van der Waals surface area contributed by atoms with E-state index in [1.807, 2.05) is 12.1 Å². The molecular formula is C17H24N2O6. The Morgan fingerprint density at radius 3 is 1.80 bits per heavy atom. The molecule has 0 spiro atoms. The Balaban J connectivity index is 6.02. The van der Waals surface area contributed by atoms with Crippen LogP contribution in [0, 0.1) is 39.9 Å². The van der Waals surface area contributed by atoms with Crippen molar-refractivity contribution < 1.29 is 28.6 Å². The van der Waals surface area contributed by atoms with Crippen LogP contribution in [0.4, 0.5) is 0 Å². The molecule has 0 rings (SSSR count). The lowest BCUT2D eigenvalue weighted by Crippen LogP contribution is -2.46. The molecule has 0 unspecified atom stereocenters. The van der Waals surface area contributed by atoms with Gasteiger partial charge in [-0.25, -0.2) is 0 Å². The van der Waals surface area contributed by atoms with E-state index in [1.54, 1.807) is 20.8 Å². The van der Waals surface area contributed by atoms with Crippen LogP contribution >= 0.6 is 0 Å². The van der Waals surface area contributed by atoms with Crippen molar-refractivity contribution in [2.45, 2.75) is 40.5 Å². The molecular weight excluding hydrogens is 328 g/mol. The second-order valence-electron chi connectivity index (χ2n) is 5.23. The minimum absolute atomic E-state index is 0.0189. The number of esters is 3. The zero-order chi connectivity index (χ0) is 19.5. The maximum Gasteiger partial charge on any atom is 0.326 e. The van der Waals surface area contributed by atoms with Gasteiger partial charge in [-0.2, -0.15) is 10.5 Å². The predicted octanol–water partition coefficient (Wildman–Crippen LogP) is 1.74. The quantitative estimate of drug-likeness (QED) is 0.330. The summed E-state index contributed by atoms with van der Waals surface area (Å²) in [6.45, 7) is 6.20. The lowest BCUT2D eigenvalue weighted by atomic mass is 9.68. The zero-order valence-corrected chi connectivity index (χ0v) is 15.0. The van der Waals surface area contributed by atoms with E-state index in [9.17, 15) is 19.6 Å². The third-order valence-electron chi connectivity index (χ3n) is 3.83. The van der Waals surface area contributed by atoms with Crippen LogP contribution in [0.1, 0.15) is 40.5 Å². The van der Waals surface area contributed by atoms with Gasteiger partial charge in [0.25, 0.3) is 0 Å². The summed E-state index contributed by atoms with van der Waals surface area (Å²) in [7, 11) is 0. The van der Waals surface area contributed by atoms with Crippen molar-refractivity contribution in [3.63, 3.8) is 0 Å². The number of nitrogens with zero attached hydrogens (tertiary/aromatic N) is 2. The second kappa shape index (κ2) is 11.0. The number of carbonyl (C=O) groups is 3. The van der Waals surface area contributed by atoms with Crippen LogP contribution in [0.25, 0.3) is 0 Å². The van der Waals surface area contributed by atoms with Gasteiger partial charge in [-0.1, -0.05) is 6.92 Å². The number of hydrogen-bond acceptors (Lipinski definition) is 8. The molecule has 0 saturated carbocycles. The summed E-state index contributed by atoms with van der Waals surface area (Å²) in [5.74, 6) is -5.20. The fraction of sp³-hybridized carbons (Fsp3) is 0.706. The molecule has 0 aliphatic carbocycles. The molecule has 0 aliphatic rings. The summed E-state index contributed by atoms with van der Waals surface area (Å²) in [5, 5.41) is 18.5. The second-order valence-corrected chi connectivity index (χ2v) is 5.23. The van der Waals surface area contributed by atoms with Crippen LogP contribution in [0.5, 0.6) is 0 Å². The molecule has 8 heteroatoms. The first kappa shape index (κ1) is 22.4. The summed E-state index contributed by atoms with van der Waals surface area (Å²) in [6, 6.07) is 3.73. The average Bonchev–Trinajstić information content (AvgIpc) is 2.57. The number of carbonyl (C=O) groups excluding carboxylic acids is 3. The van der Waals surface area contributed by atoms with Gasteiger partial charge in [-0.15, -0.1) is 0 Å². The van der Waals surface area contributed by atoms with Gasteiger partial charge in [0, 0.05) is 12.3 Å². The molecule has 25 heavy (non-hydrogen) atoms. The van der Waals surface area contributed by atoms with Gasteiger partial charge in [0.1, 0.15) is 0 Å². The van der Waals surface area contributed by atoms with Crippen molar-refractivity contribution >= 4 is 17.9 Å². The first-order valence-electron chi connectivity index (χ1n) is 8.14. The van der Waals surface area contributed by atoms with Gasteiger partial charge in [-0.3, -0.25) is 14.4 Å². The summed E-state index contributed by atoms with van der Waals surface area (Å²) in [6.07, 6.45) is -0.287. The van der Waals surface area contributed by atoms with Gasteiger partial charge < -0.3 is 14.2 Å². The van der Waals surface area contributed by atoms with E-state index >= 15 is 0 Å². The van der Waals surface area contributed by atoms with Crippen LogP contribution < -0.4 is 0 Å². The van der Waals surface area contributed by atoms with Crippen molar-refractivity contribution in [3.05, 3.63) is 0 Å². The van der Waals surface area contributed by atoms with Crippen LogP contribution in [0.2, 0.25) is 0 Å². The first-order chi connectivity index (χ1) is 11.9. The van der Waals surface area contributed by atoms with E-state index in [-0.39, 0.29) is 32.7 Å². The fourth-order valence-corrected chi connectivity index (χ4v) is 2.49. The SMILES string of the molecule is CCOC(=O)C(C(=O)OCC)[C@H](C)[C@@](C#N)(CCC#N)C(=O)OCC. The van der Waals surface area contributed by atoms with Crippen molar-refractivity contribution in [1.82, 2.24) is 0 Å². The lowest BCUT2D eigenvalue weighted by molar-refractivity contribution is -0.169. The van der Waals surface area contributed by atoms with Gasteiger partial charge in [0.2, 0.25) is 0 Å². The fourth-order valence-electron chi connectivity index (χ4n) is 2.49. The van der Waals surface area contributed by atoms with Gasteiger partial charge in [-0.05, 0) is 27.2 Å². The smallest absolute Gasteiger partial charge is 0.326 e. The predicted molar refractivity (Wildman–Crippen MR) is 85.4 cm³/mol. The first-order valence-corrected chi connectivity index (χ1v) is 8.14. The Morgan fingerprint density at radius 2 is 1.44 bits per heavy atom. The number of nitriles is 2. The average molecular weight is 352 g/mol. The van der Waals surface area contributed by atoms with Crippen LogP contribution in [-0.2, 0) is 28.6 Å². The number of hydrogen-bond donors (Lipinski definition) is 0. The minimum Gasteiger partial charge on any atom is -0.465 e. The monoisotopic (exact) mass is 352 g/mol. The third-order valence-corrected chi connectivity index (χ3v) is 3.83. The lowest BCUT2D eigenvalue weighted by Gasteiger charge is -2.33. The van der Waals surface area contributed by atoms with E-state index in [1.165, 1.54) is 6.92 Å². The molecule has 0 fully saturated rings. The molecule has 0 aliphatic heterocycles. The maximum atomic E-state index is 12.5. The van der Waals surface area contributed by atoms with Crippen molar-refractivity contribution in [1.29, 1.82) is 10.5 Å². The minimum atomic E-state index is -1.84. The molecule has 0 bridgehead atoms. The van der Waals surface area contributed by atoms with Crippen molar-refractivity contribution in [3.8, 4) is 12.1 Å². The Bertz CT molecular complexity index is 544. The van der Waals surface area contributed by atoms with Gasteiger partial charge >= 0.3 is 17.9 Å². The highest BCUT2D eigenvalue weighted by Crippen LogP contribution is 2.39. The van der Waals surface area contributed by atoms with Gasteiger partial charge in [0.15, 0.2) is 11.3 Å². The van der Waals surface area contributed by atoms with E-state index in [4.69, 9.17) is 19.5 Å². The van der Waals surface area contributed by atoms with E-state index in [0.29, 0.717) is 0 Å². The van der Waals surface area contributed by atoms with Crippen LogP contribution in [-0.4, -0.2) is 37.7 Å². The maximum absolute atomic E-state index is 12.5. The molecule has 0 aromatic heterocycles. The molecule has 0 aromatic rings. The normalized spacial score (nSPS) is 13.7. The van der Waals surface area contributed by atoms with Gasteiger partial charge in [0.05, 0.1) is 32.0 Å². The Hall–Kier alpha value is -2.61. The molecule has 138 valence electrons. The third kappa shape index (κ3) is 5.46. The molecule has 2 atom stereocenters. The van der Waals surface area contributed by atoms with Crippen molar-refractivity contribution in [2.24, 2.45) is 17.3 Å². The Labute approximate surface area is 147 Å².